The van der Waals surface area contributed by atoms with Crippen molar-refractivity contribution in [1.82, 2.24) is 14.8 Å². The van der Waals surface area contributed by atoms with Crippen molar-refractivity contribution in [3.8, 4) is 0 Å². The molecule has 26 heavy (non-hydrogen) atoms. The number of carbonyl (C=O) groups is 1. The van der Waals surface area contributed by atoms with Crippen molar-refractivity contribution in [3.63, 3.8) is 0 Å². The van der Waals surface area contributed by atoms with Crippen molar-refractivity contribution in [2.75, 3.05) is 6.61 Å². The third-order valence-electron chi connectivity index (χ3n) is 3.78. The van der Waals surface area contributed by atoms with Gasteiger partial charge in [0.05, 0.1) is 6.61 Å². The van der Waals surface area contributed by atoms with Gasteiger partial charge >= 0.3 is 5.97 Å². The third kappa shape index (κ3) is 3.52. The molecule has 0 spiro atoms. The lowest BCUT2D eigenvalue weighted by atomic mass is 10.1. The fourth-order valence-electron chi connectivity index (χ4n) is 2.61. The molecule has 1 aromatic carbocycles. The van der Waals surface area contributed by atoms with Crippen LogP contribution in [0.15, 0.2) is 36.0 Å². The number of fused-ring (bicyclic) bond motifs is 1. The van der Waals surface area contributed by atoms with Gasteiger partial charge in [-0.05, 0) is 31.5 Å². The van der Waals surface area contributed by atoms with Crippen LogP contribution < -0.4 is 0 Å². The van der Waals surface area contributed by atoms with Gasteiger partial charge in [0.1, 0.15) is 16.5 Å². The van der Waals surface area contributed by atoms with Crippen molar-refractivity contribution >= 4 is 39.2 Å². The van der Waals surface area contributed by atoms with Crippen molar-refractivity contribution in [1.29, 1.82) is 0 Å². The number of halogens is 1. The van der Waals surface area contributed by atoms with E-state index in [2.05, 4.69) is 16.8 Å². The minimum absolute atomic E-state index is 0.273. The zero-order valence-electron chi connectivity index (χ0n) is 14.5. The van der Waals surface area contributed by atoms with Gasteiger partial charge < -0.3 is 9.30 Å². The molecule has 0 N–H and O–H groups in total. The highest BCUT2D eigenvalue weighted by Crippen LogP contribution is 2.37. The summed E-state index contributed by atoms with van der Waals surface area (Å²) in [6.07, 6.45) is 1.77. The van der Waals surface area contributed by atoms with E-state index in [1.807, 2.05) is 17.6 Å². The summed E-state index contributed by atoms with van der Waals surface area (Å²) in [6, 6.07) is 4.86. The van der Waals surface area contributed by atoms with Crippen LogP contribution in [0.4, 0.5) is 4.39 Å². The maximum absolute atomic E-state index is 14.4. The van der Waals surface area contributed by atoms with Gasteiger partial charge in [0.25, 0.3) is 0 Å². The molecular weight excluding hydrogens is 373 g/mol. The first-order chi connectivity index (χ1) is 12.6. The normalized spacial score (nSPS) is 11.0. The first kappa shape index (κ1) is 18.6. The van der Waals surface area contributed by atoms with Gasteiger partial charge in [0.2, 0.25) is 0 Å². The van der Waals surface area contributed by atoms with Crippen molar-refractivity contribution in [2.45, 2.75) is 31.3 Å². The molecule has 2 aromatic heterocycles. The number of hydrogen-bond donors (Lipinski definition) is 0. The molecule has 0 aliphatic rings. The molecule has 0 atom stereocenters. The summed E-state index contributed by atoms with van der Waals surface area (Å²) in [5.41, 5.74) is 0.636. The predicted octanol–water partition coefficient (Wildman–Crippen LogP) is 4.60. The number of nitrogens with zero attached hydrogens (tertiary/aromatic N) is 3. The smallest absolute Gasteiger partial charge is 0.348 e. The lowest BCUT2D eigenvalue weighted by Crippen LogP contribution is -2.05. The summed E-state index contributed by atoms with van der Waals surface area (Å²) in [5, 5.41) is 9.43. The van der Waals surface area contributed by atoms with Crippen LogP contribution in [-0.2, 0) is 17.0 Å². The van der Waals surface area contributed by atoms with Crippen LogP contribution in [0.5, 0.6) is 0 Å². The van der Waals surface area contributed by atoms with Gasteiger partial charge in [0, 0.05) is 22.4 Å². The number of hydrogen-bond acceptors (Lipinski definition) is 6. The molecule has 0 saturated carbocycles. The molecule has 0 fully saturated rings. The van der Waals surface area contributed by atoms with E-state index in [1.165, 1.54) is 29.2 Å². The Labute approximate surface area is 158 Å². The Morgan fingerprint density at radius 2 is 2.27 bits per heavy atom. The van der Waals surface area contributed by atoms with Crippen LogP contribution in [0.25, 0.3) is 10.1 Å². The average Bonchev–Trinajstić information content (AvgIpc) is 3.16. The molecule has 0 saturated heterocycles. The number of allylic oxidation sites excluding steroid dienone is 1. The van der Waals surface area contributed by atoms with E-state index >= 15 is 0 Å². The quantitative estimate of drug-likeness (QED) is 0.335. The highest BCUT2D eigenvalue weighted by molar-refractivity contribution is 7.98. The van der Waals surface area contributed by atoms with Gasteiger partial charge in [-0.25, -0.2) is 9.18 Å². The van der Waals surface area contributed by atoms with Crippen LogP contribution >= 0.6 is 23.1 Å². The van der Waals surface area contributed by atoms with Gasteiger partial charge in [0.15, 0.2) is 5.16 Å². The van der Waals surface area contributed by atoms with E-state index in [0.717, 1.165) is 10.5 Å². The summed E-state index contributed by atoms with van der Waals surface area (Å²) in [4.78, 5) is 12.8. The highest BCUT2D eigenvalue weighted by Gasteiger charge is 2.22. The van der Waals surface area contributed by atoms with Crippen LogP contribution in [0.3, 0.4) is 0 Å². The number of thiophene rings is 1. The van der Waals surface area contributed by atoms with Crippen LogP contribution in [-0.4, -0.2) is 27.3 Å². The Bertz CT molecular complexity index is 965. The molecular formula is C18H18FN3O2S2. The summed E-state index contributed by atoms with van der Waals surface area (Å²) < 4.78 is 22.2. The molecule has 3 aromatic rings. The van der Waals surface area contributed by atoms with Gasteiger partial charge in [-0.2, -0.15) is 0 Å². The van der Waals surface area contributed by atoms with Gasteiger partial charge in [-0.15, -0.1) is 28.1 Å². The molecule has 0 bridgehead atoms. The number of rotatable bonds is 7. The number of ether oxygens (including phenoxy) is 1. The number of esters is 1. The minimum atomic E-state index is -0.424. The zero-order chi connectivity index (χ0) is 18.7. The molecule has 3 rings (SSSR count). The maximum atomic E-state index is 14.4. The maximum Gasteiger partial charge on any atom is 0.348 e. The monoisotopic (exact) mass is 391 g/mol. The van der Waals surface area contributed by atoms with Crippen molar-refractivity contribution in [3.05, 3.63) is 52.9 Å². The molecule has 136 valence electrons. The largest absolute Gasteiger partial charge is 0.462 e. The summed E-state index contributed by atoms with van der Waals surface area (Å²) in [5.74, 6) is 0.408. The van der Waals surface area contributed by atoms with Gasteiger partial charge in [-0.3, -0.25) is 0 Å². The first-order valence-corrected chi connectivity index (χ1v) is 9.87. The second-order valence-corrected chi connectivity index (χ2v) is 7.46. The van der Waals surface area contributed by atoms with Crippen LogP contribution in [0.1, 0.15) is 28.0 Å². The Morgan fingerprint density at radius 1 is 1.46 bits per heavy atom. The predicted molar refractivity (Wildman–Crippen MR) is 102 cm³/mol. The number of thioether (sulfide) groups is 1. The topological polar surface area (TPSA) is 57.0 Å². The number of carbonyl (C=O) groups excluding carboxylic acids is 1. The fraction of sp³-hybridized carbons (Fsp3) is 0.278. The Kier molecular flexibility index (Phi) is 5.73. The number of benzene rings is 1. The Morgan fingerprint density at radius 3 is 3.00 bits per heavy atom. The minimum Gasteiger partial charge on any atom is -0.462 e. The second kappa shape index (κ2) is 8.01. The molecule has 0 unspecified atom stereocenters. The van der Waals surface area contributed by atoms with E-state index in [1.54, 1.807) is 19.1 Å². The van der Waals surface area contributed by atoms with Gasteiger partial charge in [-0.1, -0.05) is 23.9 Å². The fourth-order valence-corrected chi connectivity index (χ4v) is 4.85. The summed E-state index contributed by atoms with van der Waals surface area (Å²) >= 11 is 2.67. The van der Waals surface area contributed by atoms with Crippen LogP contribution in [0.2, 0.25) is 0 Å². The molecule has 5 nitrogen and oxygen atoms in total. The SMILES string of the molecule is C=CCn1c(C)nnc1SCc1c(C(=O)OCC)sc2cccc(F)c12. The Hall–Kier alpha value is -2.19. The summed E-state index contributed by atoms with van der Waals surface area (Å²) in [7, 11) is 0. The van der Waals surface area contributed by atoms with Crippen molar-refractivity contribution in [2.24, 2.45) is 0 Å². The number of aromatic nitrogens is 3. The van der Waals surface area contributed by atoms with E-state index < -0.39 is 5.97 Å². The molecule has 0 amide bonds. The van der Waals surface area contributed by atoms with E-state index in [4.69, 9.17) is 4.74 Å². The number of aryl methyl sites for hydroxylation is 1. The summed E-state index contributed by atoms with van der Waals surface area (Å²) in [6.45, 7) is 8.22. The van der Waals surface area contributed by atoms with E-state index in [0.29, 0.717) is 33.3 Å². The molecule has 0 radical (unpaired) electrons. The average molecular weight is 391 g/mol. The molecule has 0 aliphatic heterocycles. The third-order valence-corrected chi connectivity index (χ3v) is 5.95. The lowest BCUT2D eigenvalue weighted by Gasteiger charge is -2.07. The van der Waals surface area contributed by atoms with Crippen molar-refractivity contribution < 1.29 is 13.9 Å². The highest BCUT2D eigenvalue weighted by atomic mass is 32.2. The first-order valence-electron chi connectivity index (χ1n) is 8.07. The standard InChI is InChI=1S/C18H18FN3O2S2/c1-4-9-22-11(3)20-21-18(22)25-10-12-15-13(19)7-6-8-14(15)26-16(12)17(23)24-5-2/h4,6-8H,1,5,9-10H2,2-3H3. The lowest BCUT2D eigenvalue weighted by molar-refractivity contribution is 0.0531. The van der Waals surface area contributed by atoms with E-state index in [9.17, 15) is 9.18 Å². The van der Waals surface area contributed by atoms with Crippen LogP contribution in [0, 0.1) is 12.7 Å². The molecule has 2 heterocycles. The Balaban J connectivity index is 1.99. The zero-order valence-corrected chi connectivity index (χ0v) is 16.1. The van der Waals surface area contributed by atoms with E-state index in [-0.39, 0.29) is 12.4 Å². The molecule has 0 aliphatic carbocycles. The molecule has 8 heteroatoms. The second-order valence-electron chi connectivity index (χ2n) is 5.46.